The van der Waals surface area contributed by atoms with Crippen molar-refractivity contribution in [3.63, 3.8) is 0 Å². The van der Waals surface area contributed by atoms with Gasteiger partial charge < -0.3 is 9.80 Å². The topological polar surface area (TPSA) is 81.2 Å². The van der Waals surface area contributed by atoms with Gasteiger partial charge in [0.2, 0.25) is 5.91 Å². The molecule has 0 saturated carbocycles. The molecule has 0 bridgehead atoms. The second kappa shape index (κ2) is 13.4. The molecule has 2 unspecified atom stereocenters. The maximum atomic E-state index is 14.7. The molecular formula is C52H46N4O4. The molecule has 5 aromatic rings. The molecule has 0 fully saturated rings. The van der Waals surface area contributed by atoms with Crippen molar-refractivity contribution in [2.24, 2.45) is 5.92 Å². The summed E-state index contributed by atoms with van der Waals surface area (Å²) in [4.78, 5) is 65.3. The van der Waals surface area contributed by atoms with Gasteiger partial charge in [-0.15, -0.1) is 0 Å². The molecule has 0 aromatic heterocycles. The average Bonchev–Trinajstić information content (AvgIpc) is 3.24. The van der Waals surface area contributed by atoms with E-state index in [1.165, 1.54) is 9.80 Å². The molecular weight excluding hydrogens is 745 g/mol. The van der Waals surface area contributed by atoms with Crippen molar-refractivity contribution in [2.45, 2.75) is 45.4 Å². The minimum absolute atomic E-state index is 0.105. The van der Waals surface area contributed by atoms with E-state index in [1.54, 1.807) is 0 Å². The quantitative estimate of drug-likeness (QED) is 0.153. The Kier molecular flexibility index (Phi) is 8.34. The number of para-hydroxylation sites is 1. The van der Waals surface area contributed by atoms with Crippen LogP contribution in [-0.2, 0) is 9.59 Å². The lowest BCUT2D eigenvalue weighted by molar-refractivity contribution is -0.126. The Balaban J connectivity index is 1.05. The van der Waals surface area contributed by atoms with Crippen LogP contribution in [0.5, 0.6) is 0 Å². The Labute approximate surface area is 350 Å². The molecule has 5 aliphatic rings. The Hall–Kier alpha value is -6.80. The van der Waals surface area contributed by atoms with Gasteiger partial charge >= 0.3 is 0 Å². The number of nitrogens with zero attached hydrogens (tertiary/aromatic N) is 4. The van der Waals surface area contributed by atoms with Gasteiger partial charge in [0.15, 0.2) is 0 Å². The number of amides is 4. The Bertz CT molecular complexity index is 2880. The molecule has 0 spiro atoms. The minimum atomic E-state index is -0.631. The first-order valence-corrected chi connectivity index (χ1v) is 20.7. The fourth-order valence-corrected chi connectivity index (χ4v) is 10.1. The molecule has 2 aliphatic heterocycles. The molecule has 5 aromatic carbocycles. The van der Waals surface area contributed by atoms with Gasteiger partial charge in [0.05, 0.1) is 17.3 Å². The van der Waals surface area contributed by atoms with E-state index in [9.17, 15) is 19.2 Å². The number of benzene rings is 5. The molecule has 8 heteroatoms. The Morgan fingerprint density at radius 2 is 1.15 bits per heavy atom. The molecule has 2 atom stereocenters. The highest BCUT2D eigenvalue weighted by molar-refractivity contribution is 6.37. The van der Waals surface area contributed by atoms with Crippen LogP contribution in [0.3, 0.4) is 0 Å². The van der Waals surface area contributed by atoms with E-state index < -0.39 is 5.92 Å². The number of hydrogen-bond acceptors (Lipinski definition) is 6. The second-order valence-electron chi connectivity index (χ2n) is 17.5. The molecule has 3 aliphatic carbocycles. The van der Waals surface area contributed by atoms with Gasteiger partial charge in [-0.3, -0.25) is 19.2 Å². The van der Waals surface area contributed by atoms with Crippen molar-refractivity contribution >= 4 is 62.7 Å². The van der Waals surface area contributed by atoms with E-state index >= 15 is 0 Å². The van der Waals surface area contributed by atoms with Gasteiger partial charge in [0.25, 0.3) is 17.7 Å². The molecule has 8 nitrogen and oxygen atoms in total. The molecule has 10 rings (SSSR count). The summed E-state index contributed by atoms with van der Waals surface area (Å²) < 4.78 is 0. The van der Waals surface area contributed by atoms with Crippen LogP contribution in [0.15, 0.2) is 126 Å². The molecule has 4 amide bonds. The minimum Gasteiger partial charge on any atom is -0.378 e. The lowest BCUT2D eigenvalue weighted by Gasteiger charge is -2.43. The third-order valence-corrected chi connectivity index (χ3v) is 13.0. The number of carbonyl (C=O) groups is 4. The van der Waals surface area contributed by atoms with Gasteiger partial charge in [-0.25, -0.2) is 9.80 Å². The zero-order chi connectivity index (χ0) is 42.0. The Morgan fingerprint density at radius 3 is 1.78 bits per heavy atom. The van der Waals surface area contributed by atoms with Crippen molar-refractivity contribution in [3.05, 3.63) is 159 Å². The summed E-state index contributed by atoms with van der Waals surface area (Å²) >= 11 is 0. The standard InChI is InChI=1S/C52H46N4O4/c1-27(2)32-10-9-11-33(28(3)4)48(32)56-51(59)40-23-19-36-34-17-21-38-46-39(22-18-35(44(34)46)37-20-24-41(52(56)60)47(40)45(36)37)50(58)55(49(38)57)30-14-12-29(13-15-30)42-26-31(53(5)6)16-25-43(42)54(7)8/h9-28,36,41H,1-8H3. The summed E-state index contributed by atoms with van der Waals surface area (Å²) in [7, 11) is 8.05. The first kappa shape index (κ1) is 37.5. The third kappa shape index (κ3) is 5.16. The summed E-state index contributed by atoms with van der Waals surface area (Å²) in [6.45, 7) is 8.37. The fraction of sp³-hybridized carbons (Fsp3) is 0.231. The smallest absolute Gasteiger partial charge is 0.265 e. The summed E-state index contributed by atoms with van der Waals surface area (Å²) in [6, 6.07) is 27.6. The van der Waals surface area contributed by atoms with Crippen LogP contribution in [0.4, 0.5) is 22.7 Å². The monoisotopic (exact) mass is 790 g/mol. The predicted molar refractivity (Wildman–Crippen MR) is 241 cm³/mol. The van der Waals surface area contributed by atoms with Gasteiger partial charge in [-0.1, -0.05) is 94.5 Å². The highest BCUT2D eigenvalue weighted by atomic mass is 16.2. The summed E-state index contributed by atoms with van der Waals surface area (Å²) in [6.07, 6.45) is 7.89. The van der Waals surface area contributed by atoms with Crippen molar-refractivity contribution in [1.82, 2.24) is 0 Å². The van der Waals surface area contributed by atoms with Crippen LogP contribution in [0.25, 0.3) is 27.5 Å². The van der Waals surface area contributed by atoms with Crippen LogP contribution in [-0.4, -0.2) is 51.8 Å². The Morgan fingerprint density at radius 1 is 0.550 bits per heavy atom. The van der Waals surface area contributed by atoms with E-state index in [1.807, 2.05) is 113 Å². The number of rotatable bonds is 7. The van der Waals surface area contributed by atoms with E-state index in [-0.39, 0.29) is 41.4 Å². The number of allylic oxidation sites excluding steroid dienone is 4. The van der Waals surface area contributed by atoms with Gasteiger partial charge in [0.1, 0.15) is 0 Å². The molecule has 60 heavy (non-hydrogen) atoms. The lowest BCUT2D eigenvalue weighted by Crippen LogP contribution is -2.49. The average molecular weight is 791 g/mol. The summed E-state index contributed by atoms with van der Waals surface area (Å²) in [5.74, 6) is -1.98. The second-order valence-corrected chi connectivity index (χ2v) is 17.5. The van der Waals surface area contributed by atoms with Crippen LogP contribution < -0.4 is 19.6 Å². The predicted octanol–water partition coefficient (Wildman–Crippen LogP) is 10.2. The van der Waals surface area contributed by atoms with Crippen molar-refractivity contribution in [1.29, 1.82) is 0 Å². The van der Waals surface area contributed by atoms with Crippen LogP contribution in [0.1, 0.15) is 88.4 Å². The largest absolute Gasteiger partial charge is 0.378 e. The highest BCUT2D eigenvalue weighted by Crippen LogP contribution is 2.56. The van der Waals surface area contributed by atoms with E-state index in [2.05, 4.69) is 61.8 Å². The SMILES string of the molecule is CC(C)c1cccc(C(C)C)c1N1C(=O)C2=C3C4=C(C=CC3C1=O)c1ccc3c5c(ccc(c15)C4C=C2)C(=O)N(c1ccc(-c2cc(N(C)C)ccc2N(C)C)cc1)C3=O. The van der Waals surface area contributed by atoms with Crippen LogP contribution in [0, 0.1) is 5.92 Å². The number of carbonyl (C=O) groups excluding carboxylic acids is 4. The number of imide groups is 2. The van der Waals surface area contributed by atoms with Crippen LogP contribution >= 0.6 is 0 Å². The lowest BCUT2D eigenvalue weighted by atomic mass is 9.64. The first-order valence-electron chi connectivity index (χ1n) is 20.7. The van der Waals surface area contributed by atoms with E-state index in [4.69, 9.17) is 0 Å². The van der Waals surface area contributed by atoms with Gasteiger partial charge in [0, 0.05) is 73.1 Å². The number of hydrogen-bond donors (Lipinski definition) is 0. The molecule has 0 saturated heterocycles. The molecule has 0 radical (unpaired) electrons. The van der Waals surface area contributed by atoms with Crippen molar-refractivity contribution < 1.29 is 19.2 Å². The molecule has 2 heterocycles. The van der Waals surface area contributed by atoms with E-state index in [0.29, 0.717) is 33.5 Å². The highest BCUT2D eigenvalue weighted by Gasteiger charge is 2.48. The maximum Gasteiger partial charge on any atom is 0.265 e. The van der Waals surface area contributed by atoms with Crippen LogP contribution in [0.2, 0.25) is 0 Å². The van der Waals surface area contributed by atoms with Crippen molar-refractivity contribution in [3.8, 4) is 11.1 Å². The van der Waals surface area contributed by atoms with Crippen molar-refractivity contribution in [2.75, 3.05) is 47.8 Å². The molecule has 298 valence electrons. The normalized spacial score (nSPS) is 18.8. The molecule has 0 N–H and O–H groups in total. The maximum absolute atomic E-state index is 14.7. The summed E-state index contributed by atoms with van der Waals surface area (Å²) in [5.41, 5.74) is 13.2. The van der Waals surface area contributed by atoms with E-state index in [0.717, 1.165) is 66.9 Å². The van der Waals surface area contributed by atoms with Gasteiger partial charge in [-0.05, 0) is 104 Å². The zero-order valence-corrected chi connectivity index (χ0v) is 35.1. The summed E-state index contributed by atoms with van der Waals surface area (Å²) in [5, 5.41) is 1.51. The zero-order valence-electron chi connectivity index (χ0n) is 35.1. The number of anilines is 4. The number of fused-ring (bicyclic) bond motifs is 2. The first-order chi connectivity index (χ1) is 28.8. The fourth-order valence-electron chi connectivity index (χ4n) is 10.1. The third-order valence-electron chi connectivity index (χ3n) is 13.0. The van der Waals surface area contributed by atoms with Gasteiger partial charge in [-0.2, -0.15) is 0 Å².